The molecule has 1 aliphatic carbocycles. The lowest BCUT2D eigenvalue weighted by molar-refractivity contribution is 0.0758. The first-order valence-corrected chi connectivity index (χ1v) is 10.2. The molecule has 1 aromatic heterocycles. The molecule has 1 saturated carbocycles. The summed E-state index contributed by atoms with van der Waals surface area (Å²) in [6.07, 6.45) is 1.74. The largest absolute Gasteiger partial charge is 0.487 e. The Labute approximate surface area is 157 Å². The van der Waals surface area contributed by atoms with Gasteiger partial charge in [0.1, 0.15) is 17.9 Å². The number of aromatic nitrogens is 1. The maximum absolute atomic E-state index is 12.7. The van der Waals surface area contributed by atoms with E-state index in [9.17, 15) is 13.2 Å². The Morgan fingerprint density at radius 1 is 1.19 bits per heavy atom. The number of hydrogen-bond donors (Lipinski definition) is 0. The number of sulfonamides is 1. The predicted octanol–water partition coefficient (Wildman–Crippen LogP) is 1.82. The summed E-state index contributed by atoms with van der Waals surface area (Å²) in [5, 5.41) is 9.13. The fraction of sp³-hybridized carbons (Fsp3) is 0.368. The van der Waals surface area contributed by atoms with Gasteiger partial charge in [-0.25, -0.2) is 8.42 Å². The molecule has 0 atom stereocenters. The number of nitriles is 1. The van der Waals surface area contributed by atoms with Crippen molar-refractivity contribution in [2.75, 3.05) is 13.1 Å². The Morgan fingerprint density at radius 2 is 1.89 bits per heavy atom. The van der Waals surface area contributed by atoms with Gasteiger partial charge in [0.15, 0.2) is 0 Å². The minimum Gasteiger partial charge on any atom is -0.487 e. The molecule has 0 unspecified atom stereocenters. The third kappa shape index (κ3) is 3.24. The maximum Gasteiger partial charge on any atom is 0.254 e. The van der Waals surface area contributed by atoms with Gasteiger partial charge < -0.3 is 9.30 Å². The Kier molecular flexibility index (Phi) is 4.29. The van der Waals surface area contributed by atoms with E-state index >= 15 is 0 Å². The lowest BCUT2D eigenvalue weighted by Gasteiger charge is -2.38. The van der Waals surface area contributed by atoms with Gasteiger partial charge in [0.25, 0.3) is 5.56 Å². The zero-order valence-electron chi connectivity index (χ0n) is 14.8. The lowest BCUT2D eigenvalue weighted by Crippen LogP contribution is -2.56. The molecule has 0 spiro atoms. The molecule has 1 aromatic carbocycles. The molecule has 0 amide bonds. The molecule has 8 heteroatoms. The van der Waals surface area contributed by atoms with Crippen LogP contribution in [-0.4, -0.2) is 36.5 Å². The van der Waals surface area contributed by atoms with Gasteiger partial charge in [-0.2, -0.15) is 9.57 Å². The van der Waals surface area contributed by atoms with Gasteiger partial charge in [-0.15, -0.1) is 0 Å². The zero-order valence-corrected chi connectivity index (χ0v) is 15.6. The maximum atomic E-state index is 12.7. The summed E-state index contributed by atoms with van der Waals surface area (Å²) < 4.78 is 34.3. The highest BCUT2D eigenvalue weighted by molar-refractivity contribution is 7.89. The van der Waals surface area contributed by atoms with E-state index in [1.807, 2.05) is 19.1 Å². The molecule has 1 aliphatic heterocycles. The van der Waals surface area contributed by atoms with Crippen LogP contribution in [0.25, 0.3) is 0 Å². The van der Waals surface area contributed by atoms with E-state index in [0.29, 0.717) is 11.8 Å². The van der Waals surface area contributed by atoms with Gasteiger partial charge >= 0.3 is 0 Å². The van der Waals surface area contributed by atoms with Crippen LogP contribution in [0.5, 0.6) is 5.75 Å². The highest BCUT2D eigenvalue weighted by atomic mass is 32.2. The third-order valence-electron chi connectivity index (χ3n) is 4.89. The first-order valence-electron chi connectivity index (χ1n) is 8.79. The van der Waals surface area contributed by atoms with Crippen LogP contribution in [0.2, 0.25) is 0 Å². The van der Waals surface area contributed by atoms with Crippen LogP contribution in [0.1, 0.15) is 30.1 Å². The van der Waals surface area contributed by atoms with E-state index in [4.69, 9.17) is 10.00 Å². The van der Waals surface area contributed by atoms with Gasteiger partial charge in [0.05, 0.1) is 23.5 Å². The van der Waals surface area contributed by atoms with E-state index in [1.54, 1.807) is 16.7 Å². The van der Waals surface area contributed by atoms with Crippen LogP contribution < -0.4 is 10.3 Å². The predicted molar refractivity (Wildman–Crippen MR) is 98.0 cm³/mol. The SMILES string of the molecule is Cc1cc(OC2CN(S(=O)(=O)c3ccccc3C#N)C2)cc(=O)n1C1CC1. The Morgan fingerprint density at radius 3 is 2.52 bits per heavy atom. The minimum absolute atomic E-state index is 0.00817. The fourth-order valence-corrected chi connectivity index (χ4v) is 4.98. The summed E-state index contributed by atoms with van der Waals surface area (Å²) in [5.41, 5.74) is 0.896. The average molecular weight is 385 g/mol. The molecular weight excluding hydrogens is 366 g/mol. The summed E-state index contributed by atoms with van der Waals surface area (Å²) in [7, 11) is -3.73. The van der Waals surface area contributed by atoms with E-state index in [0.717, 1.165) is 18.5 Å². The first-order chi connectivity index (χ1) is 12.9. The standard InChI is InChI=1S/C19H19N3O4S/c1-13-8-16(9-19(23)22(13)15-6-7-15)26-17-11-21(12-17)27(24,25)18-5-3-2-4-14(18)10-20/h2-5,8-9,15,17H,6-7,11-12H2,1H3. The summed E-state index contributed by atoms with van der Waals surface area (Å²) in [5.74, 6) is 0.467. The van der Waals surface area contributed by atoms with Crippen molar-refractivity contribution < 1.29 is 13.2 Å². The number of hydrogen-bond acceptors (Lipinski definition) is 5. The van der Waals surface area contributed by atoms with Crippen molar-refractivity contribution in [3.05, 3.63) is 58.0 Å². The van der Waals surface area contributed by atoms with E-state index in [1.165, 1.54) is 22.5 Å². The molecule has 2 aromatic rings. The number of pyridine rings is 1. The van der Waals surface area contributed by atoms with E-state index in [-0.39, 0.29) is 35.2 Å². The van der Waals surface area contributed by atoms with Gasteiger partial charge in [0.2, 0.25) is 10.0 Å². The second-order valence-corrected chi connectivity index (χ2v) is 8.85. The van der Waals surface area contributed by atoms with Crippen molar-refractivity contribution in [1.29, 1.82) is 5.26 Å². The monoisotopic (exact) mass is 385 g/mol. The number of ether oxygens (including phenoxy) is 1. The second-order valence-electron chi connectivity index (χ2n) is 6.94. The van der Waals surface area contributed by atoms with Crippen molar-refractivity contribution in [3.8, 4) is 11.8 Å². The summed E-state index contributed by atoms with van der Waals surface area (Å²) >= 11 is 0. The highest BCUT2D eigenvalue weighted by Gasteiger charge is 2.39. The Balaban J connectivity index is 1.46. The van der Waals surface area contributed by atoms with E-state index < -0.39 is 10.0 Å². The van der Waals surface area contributed by atoms with Crippen LogP contribution in [0, 0.1) is 18.3 Å². The molecule has 2 fully saturated rings. The van der Waals surface area contributed by atoms with Crippen LogP contribution in [0.4, 0.5) is 0 Å². The molecule has 0 N–H and O–H groups in total. The van der Waals surface area contributed by atoms with Crippen molar-refractivity contribution in [2.45, 2.75) is 36.8 Å². The first kappa shape index (κ1) is 17.8. The van der Waals surface area contributed by atoms with Crippen LogP contribution in [0.3, 0.4) is 0 Å². The third-order valence-corrected chi connectivity index (χ3v) is 6.78. The van der Waals surface area contributed by atoms with Crippen LogP contribution in [-0.2, 0) is 10.0 Å². The molecule has 140 valence electrons. The normalized spacial score (nSPS) is 17.9. The number of aryl methyl sites for hydroxylation is 1. The molecule has 0 bridgehead atoms. The number of rotatable bonds is 5. The van der Waals surface area contributed by atoms with Gasteiger partial charge in [-0.1, -0.05) is 12.1 Å². The molecule has 1 saturated heterocycles. The number of nitrogens with zero attached hydrogens (tertiary/aromatic N) is 3. The molecule has 0 radical (unpaired) electrons. The van der Waals surface area contributed by atoms with Crippen molar-refractivity contribution >= 4 is 10.0 Å². The smallest absolute Gasteiger partial charge is 0.254 e. The summed E-state index contributed by atoms with van der Waals surface area (Å²) in [6.45, 7) is 2.25. The topological polar surface area (TPSA) is 92.4 Å². The average Bonchev–Trinajstić information content (AvgIpc) is 3.41. The van der Waals surface area contributed by atoms with Gasteiger partial charge in [-0.05, 0) is 38.0 Å². The minimum atomic E-state index is -3.73. The quantitative estimate of drug-likeness (QED) is 0.783. The van der Waals surface area contributed by atoms with Crippen LogP contribution in [0.15, 0.2) is 46.1 Å². The molecule has 2 heterocycles. The molecule has 4 rings (SSSR count). The number of benzene rings is 1. The van der Waals surface area contributed by atoms with Gasteiger partial charge in [-0.3, -0.25) is 4.79 Å². The van der Waals surface area contributed by atoms with Crippen molar-refractivity contribution in [1.82, 2.24) is 8.87 Å². The second kappa shape index (κ2) is 6.51. The molecule has 27 heavy (non-hydrogen) atoms. The fourth-order valence-electron chi connectivity index (χ4n) is 3.34. The highest BCUT2D eigenvalue weighted by Crippen LogP contribution is 2.35. The van der Waals surface area contributed by atoms with E-state index in [2.05, 4.69) is 0 Å². The molecular formula is C19H19N3O4S. The lowest BCUT2D eigenvalue weighted by atomic mass is 10.2. The van der Waals surface area contributed by atoms with Crippen molar-refractivity contribution in [2.24, 2.45) is 0 Å². The molecule has 2 aliphatic rings. The zero-order chi connectivity index (χ0) is 19.2. The van der Waals surface area contributed by atoms with Crippen molar-refractivity contribution in [3.63, 3.8) is 0 Å². The summed E-state index contributed by atoms with van der Waals surface area (Å²) in [6, 6.07) is 11.6. The van der Waals surface area contributed by atoms with Crippen LogP contribution >= 0.6 is 0 Å². The van der Waals surface area contributed by atoms with Gasteiger partial charge in [0, 0.05) is 17.8 Å². The molecule has 7 nitrogen and oxygen atoms in total. The Bertz CT molecular complexity index is 1090. The summed E-state index contributed by atoms with van der Waals surface area (Å²) in [4.78, 5) is 12.3. The Hall–Kier alpha value is -2.63.